The molecular formula is C16H13Cl2N5O. The van der Waals surface area contributed by atoms with Gasteiger partial charge < -0.3 is 5.32 Å². The number of tetrazole rings is 1. The van der Waals surface area contributed by atoms with Crippen LogP contribution in [0.5, 0.6) is 0 Å². The summed E-state index contributed by atoms with van der Waals surface area (Å²) in [4.78, 5) is 13.3. The number of halogens is 2. The molecule has 1 heterocycles. The Balaban J connectivity index is 1.70. The minimum absolute atomic E-state index is 0.0968. The van der Waals surface area contributed by atoms with E-state index < -0.39 is 0 Å². The third kappa shape index (κ3) is 3.72. The zero-order chi connectivity index (χ0) is 17.1. The minimum atomic E-state index is -0.349. The normalized spacial score (nSPS) is 10.6. The first-order valence-electron chi connectivity index (χ1n) is 7.11. The molecule has 3 rings (SSSR count). The molecule has 6 nitrogen and oxygen atoms in total. The Morgan fingerprint density at radius 3 is 2.46 bits per heavy atom. The highest BCUT2D eigenvalue weighted by atomic mass is 35.5. The van der Waals surface area contributed by atoms with Crippen LogP contribution < -0.4 is 5.32 Å². The lowest BCUT2D eigenvalue weighted by Gasteiger charge is -2.08. The summed E-state index contributed by atoms with van der Waals surface area (Å²) < 4.78 is 0. The molecule has 3 aromatic rings. The molecule has 1 N–H and O–H groups in total. The van der Waals surface area contributed by atoms with Crippen molar-refractivity contribution in [3.63, 3.8) is 0 Å². The zero-order valence-electron chi connectivity index (χ0n) is 12.7. The number of aromatic nitrogens is 4. The first-order valence-corrected chi connectivity index (χ1v) is 7.87. The van der Waals surface area contributed by atoms with Crippen LogP contribution in [-0.2, 0) is 11.3 Å². The van der Waals surface area contributed by atoms with E-state index in [9.17, 15) is 4.79 Å². The van der Waals surface area contributed by atoms with Crippen LogP contribution in [-0.4, -0.2) is 26.1 Å². The fourth-order valence-corrected chi connectivity index (χ4v) is 2.54. The van der Waals surface area contributed by atoms with Gasteiger partial charge in [-0.1, -0.05) is 59.1 Å². The van der Waals surface area contributed by atoms with E-state index in [-0.39, 0.29) is 12.5 Å². The summed E-state index contributed by atoms with van der Waals surface area (Å²) in [6, 6.07) is 12.7. The van der Waals surface area contributed by atoms with Crippen molar-refractivity contribution in [2.75, 3.05) is 5.32 Å². The fourth-order valence-electron chi connectivity index (χ4n) is 2.05. The quantitative estimate of drug-likeness (QED) is 0.770. The van der Waals surface area contributed by atoms with Gasteiger partial charge in [-0.25, -0.2) is 0 Å². The van der Waals surface area contributed by atoms with Crippen molar-refractivity contribution in [3.05, 3.63) is 58.1 Å². The van der Waals surface area contributed by atoms with Gasteiger partial charge in [0.1, 0.15) is 6.54 Å². The first-order chi connectivity index (χ1) is 11.5. The summed E-state index contributed by atoms with van der Waals surface area (Å²) in [5.74, 6) is 0.108. The van der Waals surface area contributed by atoms with E-state index in [0.29, 0.717) is 21.6 Å². The number of rotatable bonds is 4. The van der Waals surface area contributed by atoms with E-state index >= 15 is 0 Å². The van der Waals surface area contributed by atoms with Crippen molar-refractivity contribution in [2.24, 2.45) is 0 Å². The van der Waals surface area contributed by atoms with Gasteiger partial charge in [0, 0.05) is 5.56 Å². The second-order valence-corrected chi connectivity index (χ2v) is 5.97. The standard InChI is InChI=1S/C16H13Cl2N5O/c1-10-5-7-11(8-6-10)16-20-22-23(21-16)9-14(24)19-15-12(17)3-2-4-13(15)18/h2-8H,9H2,1H3,(H,19,24). The van der Waals surface area contributed by atoms with Gasteiger partial charge in [0.05, 0.1) is 15.7 Å². The van der Waals surface area contributed by atoms with E-state index in [2.05, 4.69) is 20.7 Å². The van der Waals surface area contributed by atoms with Crippen LogP contribution in [0.3, 0.4) is 0 Å². The van der Waals surface area contributed by atoms with Crippen molar-refractivity contribution < 1.29 is 4.79 Å². The SMILES string of the molecule is Cc1ccc(-c2nnn(CC(=O)Nc3c(Cl)cccc3Cl)n2)cc1. The smallest absolute Gasteiger partial charge is 0.248 e. The van der Waals surface area contributed by atoms with Crippen LogP contribution in [0.25, 0.3) is 11.4 Å². The predicted molar refractivity (Wildman–Crippen MR) is 93.1 cm³/mol. The maximum Gasteiger partial charge on any atom is 0.248 e. The van der Waals surface area contributed by atoms with Gasteiger partial charge in [0.2, 0.25) is 11.7 Å². The third-order valence-corrected chi connectivity index (χ3v) is 3.90. The molecule has 0 spiro atoms. The monoisotopic (exact) mass is 361 g/mol. The molecule has 0 unspecified atom stereocenters. The number of hydrogen-bond acceptors (Lipinski definition) is 4. The van der Waals surface area contributed by atoms with Crippen molar-refractivity contribution >= 4 is 34.8 Å². The average molecular weight is 362 g/mol. The Morgan fingerprint density at radius 1 is 1.12 bits per heavy atom. The molecular weight excluding hydrogens is 349 g/mol. The number of para-hydroxylation sites is 1. The van der Waals surface area contributed by atoms with Crippen molar-refractivity contribution in [2.45, 2.75) is 13.5 Å². The highest BCUT2D eigenvalue weighted by molar-refractivity contribution is 6.39. The molecule has 2 aromatic carbocycles. The number of aryl methyl sites for hydroxylation is 1. The maximum atomic E-state index is 12.1. The average Bonchev–Trinajstić information content (AvgIpc) is 3.00. The van der Waals surface area contributed by atoms with Crippen molar-refractivity contribution in [1.82, 2.24) is 20.2 Å². The second-order valence-electron chi connectivity index (χ2n) is 5.15. The summed E-state index contributed by atoms with van der Waals surface area (Å²) in [7, 11) is 0. The number of nitrogens with zero attached hydrogens (tertiary/aromatic N) is 4. The van der Waals surface area contributed by atoms with Crippen LogP contribution in [0.2, 0.25) is 10.0 Å². The Hall–Kier alpha value is -2.44. The highest BCUT2D eigenvalue weighted by Gasteiger charge is 2.12. The number of hydrogen-bond donors (Lipinski definition) is 1. The molecule has 0 saturated carbocycles. The van der Waals surface area contributed by atoms with Gasteiger partial charge in [-0.3, -0.25) is 4.79 Å². The zero-order valence-corrected chi connectivity index (χ0v) is 14.2. The summed E-state index contributed by atoms with van der Waals surface area (Å²) in [5.41, 5.74) is 2.34. The molecule has 0 atom stereocenters. The van der Waals surface area contributed by atoms with Gasteiger partial charge in [-0.2, -0.15) is 4.80 Å². The number of nitrogens with one attached hydrogen (secondary N) is 1. The molecule has 0 fully saturated rings. The van der Waals surface area contributed by atoms with Crippen molar-refractivity contribution in [3.8, 4) is 11.4 Å². The van der Waals surface area contributed by atoms with Crippen LogP contribution in [0.1, 0.15) is 5.56 Å². The van der Waals surface area contributed by atoms with E-state index in [1.54, 1.807) is 18.2 Å². The number of carbonyl (C=O) groups is 1. The Morgan fingerprint density at radius 2 is 1.79 bits per heavy atom. The van der Waals surface area contributed by atoms with Crippen LogP contribution in [0, 0.1) is 6.92 Å². The predicted octanol–water partition coefficient (Wildman–Crippen LogP) is 3.59. The van der Waals surface area contributed by atoms with E-state index in [1.807, 2.05) is 31.2 Å². The third-order valence-electron chi connectivity index (χ3n) is 3.27. The summed E-state index contributed by atoms with van der Waals surface area (Å²) in [6.07, 6.45) is 0. The Labute approximate surface area is 148 Å². The molecule has 0 saturated heterocycles. The molecule has 1 amide bonds. The second kappa shape index (κ2) is 6.98. The minimum Gasteiger partial charge on any atom is -0.322 e. The van der Waals surface area contributed by atoms with E-state index in [0.717, 1.165) is 11.1 Å². The lowest BCUT2D eigenvalue weighted by atomic mass is 10.1. The van der Waals surface area contributed by atoms with E-state index in [4.69, 9.17) is 23.2 Å². The summed E-state index contributed by atoms with van der Waals surface area (Å²) in [6.45, 7) is 1.90. The van der Waals surface area contributed by atoms with Crippen molar-refractivity contribution in [1.29, 1.82) is 0 Å². The largest absolute Gasteiger partial charge is 0.322 e. The first kappa shape index (κ1) is 16.4. The number of benzene rings is 2. The molecule has 122 valence electrons. The lowest BCUT2D eigenvalue weighted by molar-refractivity contribution is -0.117. The van der Waals surface area contributed by atoms with Crippen LogP contribution >= 0.6 is 23.2 Å². The van der Waals surface area contributed by atoms with Gasteiger partial charge in [0.15, 0.2) is 0 Å². The summed E-state index contributed by atoms with van der Waals surface area (Å²) >= 11 is 12.0. The highest BCUT2D eigenvalue weighted by Crippen LogP contribution is 2.29. The topological polar surface area (TPSA) is 72.7 Å². The molecule has 0 aliphatic rings. The van der Waals surface area contributed by atoms with Gasteiger partial charge in [0.25, 0.3) is 0 Å². The van der Waals surface area contributed by atoms with E-state index in [1.165, 1.54) is 4.80 Å². The Bertz CT molecular complexity index is 856. The molecule has 0 radical (unpaired) electrons. The Kier molecular flexibility index (Phi) is 4.78. The van der Waals surface area contributed by atoms with Gasteiger partial charge in [-0.15, -0.1) is 10.2 Å². The summed E-state index contributed by atoms with van der Waals surface area (Å²) in [5, 5.41) is 15.4. The number of carbonyl (C=O) groups excluding carboxylic acids is 1. The molecule has 0 aliphatic heterocycles. The molecule has 8 heteroatoms. The number of amides is 1. The molecule has 0 aliphatic carbocycles. The van der Waals surface area contributed by atoms with Gasteiger partial charge >= 0.3 is 0 Å². The van der Waals surface area contributed by atoms with Gasteiger partial charge in [-0.05, 0) is 24.3 Å². The molecule has 24 heavy (non-hydrogen) atoms. The number of anilines is 1. The van der Waals surface area contributed by atoms with Crippen LogP contribution in [0.4, 0.5) is 5.69 Å². The van der Waals surface area contributed by atoms with Crippen LogP contribution in [0.15, 0.2) is 42.5 Å². The lowest BCUT2D eigenvalue weighted by Crippen LogP contribution is -2.20. The fraction of sp³-hybridized carbons (Fsp3) is 0.125. The molecule has 1 aromatic heterocycles. The molecule has 0 bridgehead atoms. The maximum absolute atomic E-state index is 12.1.